The summed E-state index contributed by atoms with van der Waals surface area (Å²) in [6.45, 7) is 2.11. The van der Waals surface area contributed by atoms with Crippen LogP contribution in [0.3, 0.4) is 0 Å². The van der Waals surface area contributed by atoms with Crippen molar-refractivity contribution in [3.8, 4) is 18.1 Å². The number of hydrogen-bond acceptors (Lipinski definition) is 3. The number of carbonyl (C=O) groups excluding carboxylic acids is 2. The number of terminal acetylenes is 1. The normalized spacial score (nSPS) is 9.76. The van der Waals surface area contributed by atoms with Gasteiger partial charge in [-0.1, -0.05) is 25.0 Å². The molecule has 2 aromatic rings. The fraction of sp³-hybridized carbons (Fsp3) is 0.200. The lowest BCUT2D eigenvalue weighted by Crippen LogP contribution is -2.16. The molecule has 0 fully saturated rings. The number of ether oxygens (including phenoxy) is 1. The van der Waals surface area contributed by atoms with E-state index < -0.39 is 0 Å². The van der Waals surface area contributed by atoms with Gasteiger partial charge in [0.2, 0.25) is 5.91 Å². The summed E-state index contributed by atoms with van der Waals surface area (Å²) < 4.78 is 5.28. The molecule has 0 aliphatic rings. The minimum Gasteiger partial charge on any atom is -0.481 e. The van der Waals surface area contributed by atoms with Gasteiger partial charge in [-0.05, 0) is 42.8 Å². The van der Waals surface area contributed by atoms with E-state index in [-0.39, 0.29) is 18.4 Å². The average Bonchev–Trinajstić information content (AvgIpc) is 2.62. The molecule has 0 saturated carbocycles. The van der Waals surface area contributed by atoms with Crippen LogP contribution in [0.25, 0.3) is 0 Å². The zero-order valence-electron chi connectivity index (χ0n) is 14.0. The van der Waals surface area contributed by atoms with Crippen LogP contribution in [0.5, 0.6) is 5.75 Å². The van der Waals surface area contributed by atoms with E-state index in [1.807, 2.05) is 6.92 Å². The maximum absolute atomic E-state index is 12.4. The number of nitrogens with one attached hydrogen (secondary N) is 2. The summed E-state index contributed by atoms with van der Waals surface area (Å²) in [5, 5.41) is 5.62. The third-order valence-corrected chi connectivity index (χ3v) is 3.37. The van der Waals surface area contributed by atoms with Crippen molar-refractivity contribution in [3.63, 3.8) is 0 Å². The molecule has 0 aliphatic heterocycles. The van der Waals surface area contributed by atoms with Crippen LogP contribution in [-0.2, 0) is 4.79 Å². The van der Waals surface area contributed by atoms with Crippen molar-refractivity contribution in [2.75, 3.05) is 17.2 Å². The lowest BCUT2D eigenvalue weighted by atomic mass is 10.2. The van der Waals surface area contributed by atoms with Crippen LogP contribution in [0.2, 0.25) is 0 Å². The Bertz CT molecular complexity index is 776. The molecule has 5 heteroatoms. The number of rotatable bonds is 7. The molecule has 0 atom stereocenters. The Morgan fingerprint density at radius 1 is 1.04 bits per heavy atom. The van der Waals surface area contributed by atoms with Gasteiger partial charge in [-0.3, -0.25) is 9.59 Å². The molecule has 2 rings (SSSR count). The van der Waals surface area contributed by atoms with Gasteiger partial charge in [-0.25, -0.2) is 0 Å². The number of para-hydroxylation sites is 2. The smallest absolute Gasteiger partial charge is 0.255 e. The van der Waals surface area contributed by atoms with Crippen LogP contribution < -0.4 is 15.4 Å². The van der Waals surface area contributed by atoms with Crippen molar-refractivity contribution in [2.24, 2.45) is 0 Å². The first kappa shape index (κ1) is 18.1. The molecule has 2 N–H and O–H groups in total. The molecule has 128 valence electrons. The topological polar surface area (TPSA) is 67.4 Å². The summed E-state index contributed by atoms with van der Waals surface area (Å²) in [5.41, 5.74) is 1.59. The Morgan fingerprint density at radius 2 is 1.68 bits per heavy atom. The van der Waals surface area contributed by atoms with Gasteiger partial charge in [0.1, 0.15) is 12.4 Å². The molecule has 2 aromatic carbocycles. The highest BCUT2D eigenvalue weighted by Gasteiger charge is 2.10. The van der Waals surface area contributed by atoms with Crippen molar-refractivity contribution in [3.05, 3.63) is 54.1 Å². The molecular formula is C20H20N2O3. The van der Waals surface area contributed by atoms with Gasteiger partial charge in [0.25, 0.3) is 5.91 Å². The molecule has 0 radical (unpaired) electrons. The van der Waals surface area contributed by atoms with Crippen molar-refractivity contribution in [1.82, 2.24) is 0 Å². The van der Waals surface area contributed by atoms with E-state index in [0.29, 0.717) is 29.1 Å². The largest absolute Gasteiger partial charge is 0.481 e. The van der Waals surface area contributed by atoms with Crippen LogP contribution in [0, 0.1) is 12.3 Å². The van der Waals surface area contributed by atoms with E-state index in [1.165, 1.54) is 0 Å². The summed E-state index contributed by atoms with van der Waals surface area (Å²) >= 11 is 0. The number of amides is 2. The monoisotopic (exact) mass is 336 g/mol. The minimum absolute atomic E-state index is 0.0841. The first-order valence-electron chi connectivity index (χ1n) is 8.00. The molecule has 25 heavy (non-hydrogen) atoms. The second-order valence-corrected chi connectivity index (χ2v) is 5.32. The van der Waals surface area contributed by atoms with Gasteiger partial charge in [0, 0.05) is 12.0 Å². The SMILES string of the molecule is C#CCOc1ccc(C(=O)Nc2ccccc2NC(=O)CCC)cc1. The zero-order chi connectivity index (χ0) is 18.1. The average molecular weight is 336 g/mol. The molecule has 0 aromatic heterocycles. The van der Waals surface area contributed by atoms with E-state index in [4.69, 9.17) is 11.2 Å². The van der Waals surface area contributed by atoms with E-state index in [0.717, 1.165) is 6.42 Å². The first-order valence-corrected chi connectivity index (χ1v) is 8.00. The van der Waals surface area contributed by atoms with Gasteiger partial charge in [0.15, 0.2) is 0 Å². The summed E-state index contributed by atoms with van der Waals surface area (Å²) in [6.07, 6.45) is 6.33. The lowest BCUT2D eigenvalue weighted by molar-refractivity contribution is -0.116. The molecule has 0 spiro atoms. The Hall–Kier alpha value is -3.26. The minimum atomic E-state index is -0.277. The number of carbonyl (C=O) groups is 2. The van der Waals surface area contributed by atoms with Crippen molar-refractivity contribution < 1.29 is 14.3 Å². The Labute approximate surface area is 147 Å². The zero-order valence-corrected chi connectivity index (χ0v) is 14.0. The third-order valence-electron chi connectivity index (χ3n) is 3.37. The third kappa shape index (κ3) is 5.40. The predicted molar refractivity (Wildman–Crippen MR) is 98.7 cm³/mol. The maximum Gasteiger partial charge on any atom is 0.255 e. The molecule has 0 bridgehead atoms. The predicted octanol–water partition coefficient (Wildman–Crippen LogP) is 3.69. The van der Waals surface area contributed by atoms with Gasteiger partial charge >= 0.3 is 0 Å². The first-order chi connectivity index (χ1) is 12.1. The van der Waals surface area contributed by atoms with Gasteiger partial charge in [-0.2, -0.15) is 0 Å². The number of benzene rings is 2. The lowest BCUT2D eigenvalue weighted by Gasteiger charge is -2.12. The molecule has 0 aliphatic carbocycles. The number of anilines is 2. The summed E-state index contributed by atoms with van der Waals surface area (Å²) in [4.78, 5) is 24.2. The highest BCUT2D eigenvalue weighted by molar-refractivity contribution is 6.07. The quantitative estimate of drug-likeness (QED) is 0.758. The van der Waals surface area contributed by atoms with Gasteiger partial charge in [0.05, 0.1) is 11.4 Å². The van der Waals surface area contributed by atoms with Crippen LogP contribution in [-0.4, -0.2) is 18.4 Å². The molecule has 0 unspecified atom stereocenters. The second kappa shape index (κ2) is 9.14. The van der Waals surface area contributed by atoms with Crippen LogP contribution in [0.4, 0.5) is 11.4 Å². The molecular weight excluding hydrogens is 316 g/mol. The van der Waals surface area contributed by atoms with Gasteiger partial charge < -0.3 is 15.4 Å². The van der Waals surface area contributed by atoms with Gasteiger partial charge in [-0.15, -0.1) is 6.42 Å². The van der Waals surface area contributed by atoms with Crippen molar-refractivity contribution >= 4 is 23.2 Å². The molecule has 2 amide bonds. The van der Waals surface area contributed by atoms with E-state index in [9.17, 15) is 9.59 Å². The Balaban J connectivity index is 2.07. The highest BCUT2D eigenvalue weighted by Crippen LogP contribution is 2.22. The molecule has 0 saturated heterocycles. The molecule has 0 heterocycles. The van der Waals surface area contributed by atoms with E-state index >= 15 is 0 Å². The van der Waals surface area contributed by atoms with Crippen LogP contribution in [0.1, 0.15) is 30.1 Å². The molecule has 5 nitrogen and oxygen atoms in total. The highest BCUT2D eigenvalue weighted by atomic mass is 16.5. The summed E-state index contributed by atoms with van der Waals surface area (Å²) in [7, 11) is 0. The maximum atomic E-state index is 12.4. The van der Waals surface area contributed by atoms with Crippen molar-refractivity contribution in [1.29, 1.82) is 0 Å². The fourth-order valence-corrected chi connectivity index (χ4v) is 2.16. The Kier molecular flexibility index (Phi) is 6.61. The fourth-order valence-electron chi connectivity index (χ4n) is 2.16. The van der Waals surface area contributed by atoms with Crippen LogP contribution in [0.15, 0.2) is 48.5 Å². The summed E-state index contributed by atoms with van der Waals surface area (Å²) in [5.74, 6) is 2.62. The Morgan fingerprint density at radius 3 is 2.28 bits per heavy atom. The standard InChI is InChI=1S/C20H20N2O3/c1-3-7-19(23)21-17-8-5-6-9-18(17)22-20(24)15-10-12-16(13-11-15)25-14-4-2/h2,5-6,8-13H,3,7,14H2,1H3,(H,21,23)(H,22,24). The van der Waals surface area contributed by atoms with E-state index in [1.54, 1.807) is 48.5 Å². The second-order valence-electron chi connectivity index (χ2n) is 5.32. The number of hydrogen-bond donors (Lipinski definition) is 2. The van der Waals surface area contributed by atoms with E-state index in [2.05, 4.69) is 16.6 Å². The van der Waals surface area contributed by atoms with Crippen LogP contribution >= 0.6 is 0 Å². The summed E-state index contributed by atoms with van der Waals surface area (Å²) in [6, 6.07) is 13.8. The van der Waals surface area contributed by atoms with Crippen molar-refractivity contribution in [2.45, 2.75) is 19.8 Å².